The first-order valence-electron chi connectivity index (χ1n) is 7.76. The maximum Gasteiger partial charge on any atom is 0.421 e. The minimum Gasteiger partial charge on any atom is -0.459 e. The zero-order valence-corrected chi connectivity index (χ0v) is 13.0. The summed E-state index contributed by atoms with van der Waals surface area (Å²) in [5, 5.41) is 3.12. The average molecular weight is 349 g/mol. The van der Waals surface area contributed by atoms with Crippen LogP contribution >= 0.6 is 0 Å². The van der Waals surface area contributed by atoms with E-state index in [-0.39, 0.29) is 17.9 Å². The third-order valence-electron chi connectivity index (χ3n) is 4.02. The fourth-order valence-electron chi connectivity index (χ4n) is 2.80. The van der Waals surface area contributed by atoms with Gasteiger partial charge in [0.1, 0.15) is 18.0 Å². The number of benzene rings is 1. The molecule has 0 aliphatic carbocycles. The third-order valence-corrected chi connectivity index (χ3v) is 4.02. The van der Waals surface area contributed by atoms with Crippen molar-refractivity contribution < 1.29 is 17.9 Å². The Labute approximate surface area is 140 Å². The van der Waals surface area contributed by atoms with Crippen molar-refractivity contribution in [3.63, 3.8) is 0 Å². The van der Waals surface area contributed by atoms with Crippen molar-refractivity contribution in [3.05, 3.63) is 42.4 Å². The Balaban J connectivity index is 1.82. The molecular formula is C16H14F3N5O. The van der Waals surface area contributed by atoms with E-state index in [1.54, 1.807) is 24.3 Å². The zero-order valence-electron chi connectivity index (χ0n) is 13.0. The molecule has 1 aromatic carbocycles. The number of hydrogen-bond acceptors (Lipinski definition) is 5. The molecule has 0 amide bonds. The summed E-state index contributed by atoms with van der Waals surface area (Å²) in [6.45, 7) is 1.41. The molecule has 6 nitrogen and oxygen atoms in total. The fourth-order valence-corrected chi connectivity index (χ4v) is 2.80. The first-order chi connectivity index (χ1) is 12.0. The highest BCUT2D eigenvalue weighted by molar-refractivity contribution is 5.77. The number of ether oxygens (including phenoxy) is 1. The lowest BCUT2D eigenvalue weighted by Crippen LogP contribution is -2.22. The number of halogens is 3. The highest BCUT2D eigenvalue weighted by atomic mass is 19.4. The molecule has 4 rings (SSSR count). The second-order valence-corrected chi connectivity index (χ2v) is 5.72. The van der Waals surface area contributed by atoms with Crippen molar-refractivity contribution >= 4 is 11.0 Å². The van der Waals surface area contributed by atoms with Crippen molar-refractivity contribution in [2.24, 2.45) is 0 Å². The maximum absolute atomic E-state index is 13.4. The second-order valence-electron chi connectivity index (χ2n) is 5.72. The fraction of sp³-hybridized carbons (Fsp3) is 0.312. The van der Waals surface area contributed by atoms with Gasteiger partial charge in [-0.25, -0.2) is 9.97 Å². The van der Waals surface area contributed by atoms with Gasteiger partial charge in [0.25, 0.3) is 0 Å². The number of fused-ring (bicyclic) bond motifs is 1. The molecule has 25 heavy (non-hydrogen) atoms. The molecule has 1 aliphatic rings. The molecule has 1 N–H and O–H groups in total. The first-order valence-corrected chi connectivity index (χ1v) is 7.76. The third kappa shape index (κ3) is 3.02. The summed E-state index contributed by atoms with van der Waals surface area (Å²) >= 11 is 0. The summed E-state index contributed by atoms with van der Waals surface area (Å²) in [5.41, 5.74) is 0.171. The van der Waals surface area contributed by atoms with E-state index in [4.69, 9.17) is 4.74 Å². The Hall–Kier alpha value is -2.68. The van der Waals surface area contributed by atoms with Crippen LogP contribution in [-0.2, 0) is 6.18 Å². The first kappa shape index (κ1) is 15.8. The van der Waals surface area contributed by atoms with Gasteiger partial charge in [0.2, 0.25) is 0 Å². The summed E-state index contributed by atoms with van der Waals surface area (Å²) in [6, 6.07) is 6.84. The van der Waals surface area contributed by atoms with Crippen molar-refractivity contribution in [2.45, 2.75) is 18.7 Å². The van der Waals surface area contributed by atoms with Crippen molar-refractivity contribution in [1.82, 2.24) is 24.8 Å². The zero-order chi connectivity index (χ0) is 17.4. The number of alkyl halides is 3. The molecule has 2 aromatic heterocycles. The average Bonchev–Trinajstić information content (AvgIpc) is 3.23. The molecule has 1 unspecified atom stereocenters. The monoisotopic (exact) mass is 349 g/mol. The largest absolute Gasteiger partial charge is 0.459 e. The van der Waals surface area contributed by atoms with E-state index in [1.807, 2.05) is 0 Å². The Bertz CT molecular complexity index is 902. The van der Waals surface area contributed by atoms with Gasteiger partial charge >= 0.3 is 12.2 Å². The van der Waals surface area contributed by atoms with Gasteiger partial charge in [-0.2, -0.15) is 18.2 Å². The van der Waals surface area contributed by atoms with Crippen LogP contribution in [0.2, 0.25) is 0 Å². The van der Waals surface area contributed by atoms with Gasteiger partial charge in [-0.05, 0) is 25.1 Å². The molecule has 0 spiro atoms. The SMILES string of the molecule is FC(F)(F)c1cnc(OC2CCNC2)nc1-n1cnc2ccccc21. The van der Waals surface area contributed by atoms with E-state index in [2.05, 4.69) is 20.3 Å². The molecule has 1 fully saturated rings. The summed E-state index contributed by atoms with van der Waals surface area (Å²) in [5.74, 6) is -0.294. The number of para-hydroxylation sites is 2. The number of hydrogen-bond donors (Lipinski definition) is 1. The van der Waals surface area contributed by atoms with E-state index < -0.39 is 11.7 Å². The number of nitrogens with zero attached hydrogens (tertiary/aromatic N) is 4. The Morgan fingerprint density at radius 3 is 2.80 bits per heavy atom. The van der Waals surface area contributed by atoms with E-state index in [9.17, 15) is 13.2 Å². The lowest BCUT2D eigenvalue weighted by molar-refractivity contribution is -0.138. The molecule has 9 heteroatoms. The van der Waals surface area contributed by atoms with Crippen LogP contribution in [0, 0.1) is 0 Å². The summed E-state index contributed by atoms with van der Waals surface area (Å²) in [4.78, 5) is 11.9. The molecule has 3 aromatic rings. The van der Waals surface area contributed by atoms with Gasteiger partial charge < -0.3 is 10.1 Å². The molecule has 0 bridgehead atoms. The standard InChI is InChI=1S/C16H14F3N5O/c17-16(18,19)11-8-21-15(25-10-5-6-20-7-10)23-14(11)24-9-22-12-3-1-2-4-13(12)24/h1-4,8-10,20H,5-7H2. The summed E-state index contributed by atoms with van der Waals surface area (Å²) < 4.78 is 47.2. The normalized spacial score (nSPS) is 18.0. The van der Waals surface area contributed by atoms with Crippen LogP contribution in [-0.4, -0.2) is 38.7 Å². The van der Waals surface area contributed by atoms with Crippen LogP contribution < -0.4 is 10.1 Å². The van der Waals surface area contributed by atoms with Gasteiger partial charge in [0.15, 0.2) is 5.82 Å². The van der Waals surface area contributed by atoms with E-state index in [1.165, 1.54) is 10.9 Å². The number of nitrogens with one attached hydrogen (secondary N) is 1. The molecule has 130 valence electrons. The van der Waals surface area contributed by atoms with Gasteiger partial charge in [-0.1, -0.05) is 12.1 Å². The van der Waals surface area contributed by atoms with Gasteiger partial charge in [-0.15, -0.1) is 0 Å². The van der Waals surface area contributed by atoms with E-state index in [0.29, 0.717) is 17.6 Å². The summed E-state index contributed by atoms with van der Waals surface area (Å²) in [7, 11) is 0. The molecule has 0 radical (unpaired) electrons. The quantitative estimate of drug-likeness (QED) is 0.787. The lowest BCUT2D eigenvalue weighted by Gasteiger charge is -2.15. The number of aromatic nitrogens is 4. The minimum atomic E-state index is -4.59. The molecule has 1 saturated heterocycles. The van der Waals surface area contributed by atoms with Gasteiger partial charge in [-0.3, -0.25) is 4.57 Å². The van der Waals surface area contributed by atoms with E-state index in [0.717, 1.165) is 19.2 Å². The summed E-state index contributed by atoms with van der Waals surface area (Å²) in [6.07, 6.45) is -1.90. The van der Waals surface area contributed by atoms with Crippen molar-refractivity contribution in [1.29, 1.82) is 0 Å². The van der Waals surface area contributed by atoms with Gasteiger partial charge in [0.05, 0.1) is 11.0 Å². The molecule has 1 atom stereocenters. The van der Waals surface area contributed by atoms with Crippen LogP contribution in [0.25, 0.3) is 16.9 Å². The smallest absolute Gasteiger partial charge is 0.421 e. The highest BCUT2D eigenvalue weighted by Gasteiger charge is 2.36. The molecule has 0 saturated carbocycles. The molecular weight excluding hydrogens is 335 g/mol. The second kappa shape index (κ2) is 5.99. The lowest BCUT2D eigenvalue weighted by atomic mass is 10.2. The van der Waals surface area contributed by atoms with Crippen LogP contribution in [0.5, 0.6) is 6.01 Å². The predicted molar refractivity (Wildman–Crippen MR) is 83.6 cm³/mol. The molecule has 3 heterocycles. The number of imidazole rings is 1. The highest BCUT2D eigenvalue weighted by Crippen LogP contribution is 2.34. The Morgan fingerprint density at radius 2 is 2.04 bits per heavy atom. The maximum atomic E-state index is 13.4. The van der Waals surface area contributed by atoms with Crippen LogP contribution in [0.3, 0.4) is 0 Å². The minimum absolute atomic E-state index is 0.0746. The Kier molecular flexibility index (Phi) is 3.79. The predicted octanol–water partition coefficient (Wildman–Crippen LogP) is 2.58. The van der Waals surface area contributed by atoms with Crippen molar-refractivity contribution in [2.75, 3.05) is 13.1 Å². The Morgan fingerprint density at radius 1 is 1.20 bits per heavy atom. The van der Waals surface area contributed by atoms with Crippen LogP contribution in [0.4, 0.5) is 13.2 Å². The van der Waals surface area contributed by atoms with Gasteiger partial charge in [0, 0.05) is 12.7 Å². The molecule has 1 aliphatic heterocycles. The van der Waals surface area contributed by atoms with Crippen LogP contribution in [0.15, 0.2) is 36.8 Å². The van der Waals surface area contributed by atoms with Crippen LogP contribution in [0.1, 0.15) is 12.0 Å². The number of rotatable bonds is 3. The van der Waals surface area contributed by atoms with Crippen molar-refractivity contribution in [3.8, 4) is 11.8 Å². The van der Waals surface area contributed by atoms with E-state index >= 15 is 0 Å². The topological polar surface area (TPSA) is 64.9 Å².